The zero-order chi connectivity index (χ0) is 9.14. The molecule has 0 aromatic heterocycles. The van der Waals surface area contributed by atoms with Gasteiger partial charge in [0.05, 0.1) is 18.7 Å². The van der Waals surface area contributed by atoms with Crippen molar-refractivity contribution in [2.75, 3.05) is 20.2 Å². The summed E-state index contributed by atoms with van der Waals surface area (Å²) in [5.41, 5.74) is 4.62. The molecule has 0 spiro atoms. The summed E-state index contributed by atoms with van der Waals surface area (Å²) in [7, 11) is 1.88. The van der Waals surface area contributed by atoms with Gasteiger partial charge in [0.1, 0.15) is 0 Å². The number of esters is 1. The number of carbonyl (C=O) groups is 1. The minimum atomic E-state index is -0.216. The quantitative estimate of drug-likeness (QED) is 0.604. The smallest absolute Gasteiger partial charge is 0.337 e. The van der Waals surface area contributed by atoms with Crippen LogP contribution >= 0.6 is 0 Å². The first-order chi connectivity index (χ1) is 5.65. The van der Waals surface area contributed by atoms with Gasteiger partial charge < -0.3 is 10.2 Å². The highest BCUT2D eigenvalue weighted by molar-refractivity contribution is 5.90. The predicted octanol–water partition coefficient (Wildman–Crippen LogP) is 0.274. The molecule has 0 amide bonds. The zero-order valence-electron chi connectivity index (χ0n) is 7.68. The summed E-state index contributed by atoms with van der Waals surface area (Å²) in [6.45, 7) is 4.72. The lowest BCUT2D eigenvalue weighted by Gasteiger charge is -2.07. The first-order valence-electron chi connectivity index (χ1n) is 3.99. The van der Waals surface area contributed by atoms with Crippen molar-refractivity contribution in [3.05, 3.63) is 11.3 Å². The van der Waals surface area contributed by atoms with Crippen LogP contribution in [0.5, 0.6) is 0 Å². The second kappa shape index (κ2) is 3.58. The van der Waals surface area contributed by atoms with Gasteiger partial charge in [0.25, 0.3) is 0 Å². The van der Waals surface area contributed by atoms with E-state index in [2.05, 4.69) is 5.43 Å². The van der Waals surface area contributed by atoms with Crippen molar-refractivity contribution < 1.29 is 9.53 Å². The molecule has 1 rings (SSSR count). The van der Waals surface area contributed by atoms with Crippen LogP contribution < -0.4 is 5.43 Å². The molecule has 1 aliphatic heterocycles. The maximum absolute atomic E-state index is 11.3. The molecule has 0 aromatic rings. The minimum absolute atomic E-state index is 0.216. The van der Waals surface area contributed by atoms with Crippen LogP contribution in [0.4, 0.5) is 0 Å². The number of hydrogen-bond donors (Lipinski definition) is 1. The van der Waals surface area contributed by atoms with E-state index in [0.717, 1.165) is 11.3 Å². The Morgan fingerprint density at radius 1 is 1.75 bits per heavy atom. The predicted molar refractivity (Wildman–Crippen MR) is 45.1 cm³/mol. The lowest BCUT2D eigenvalue weighted by Crippen LogP contribution is -2.27. The SMILES string of the molecule is CCOC(=O)C1=C(C)NN(C)C1. The normalized spacial score (nSPS) is 17.9. The van der Waals surface area contributed by atoms with Crippen molar-refractivity contribution in [3.8, 4) is 0 Å². The topological polar surface area (TPSA) is 41.6 Å². The molecule has 0 saturated carbocycles. The Balaban J connectivity index is 2.62. The molecule has 0 aliphatic carbocycles. The molecule has 1 aliphatic rings. The zero-order valence-corrected chi connectivity index (χ0v) is 7.68. The van der Waals surface area contributed by atoms with Gasteiger partial charge in [-0.05, 0) is 13.8 Å². The third kappa shape index (κ3) is 1.76. The van der Waals surface area contributed by atoms with Crippen LogP contribution in [0, 0.1) is 0 Å². The van der Waals surface area contributed by atoms with E-state index in [0.29, 0.717) is 13.2 Å². The Bertz CT molecular complexity index is 223. The van der Waals surface area contributed by atoms with Crippen LogP contribution in [-0.4, -0.2) is 31.2 Å². The molecule has 0 fully saturated rings. The molecule has 4 heteroatoms. The Morgan fingerprint density at radius 2 is 2.42 bits per heavy atom. The van der Waals surface area contributed by atoms with E-state index in [1.54, 1.807) is 6.92 Å². The highest BCUT2D eigenvalue weighted by atomic mass is 16.5. The number of allylic oxidation sites excluding steroid dienone is 1. The lowest BCUT2D eigenvalue weighted by atomic mass is 10.2. The Morgan fingerprint density at radius 3 is 2.83 bits per heavy atom. The number of likely N-dealkylation sites (N-methyl/N-ethyl adjacent to an activating group) is 1. The Kier molecular flexibility index (Phi) is 2.70. The molecule has 1 heterocycles. The number of nitrogens with zero attached hydrogens (tertiary/aromatic N) is 1. The standard InChI is InChI=1S/C8H14N2O2/c1-4-12-8(11)7-5-10(3)9-6(7)2/h9H,4-5H2,1-3H3. The van der Waals surface area contributed by atoms with Crippen molar-refractivity contribution in [1.29, 1.82) is 0 Å². The summed E-state index contributed by atoms with van der Waals surface area (Å²) in [5.74, 6) is -0.216. The van der Waals surface area contributed by atoms with Crippen LogP contribution in [0.25, 0.3) is 0 Å². The van der Waals surface area contributed by atoms with Crippen molar-refractivity contribution in [2.45, 2.75) is 13.8 Å². The number of hydrogen-bond acceptors (Lipinski definition) is 4. The third-order valence-corrected chi connectivity index (χ3v) is 1.73. The van der Waals surface area contributed by atoms with E-state index in [1.807, 2.05) is 19.0 Å². The molecule has 0 unspecified atom stereocenters. The van der Waals surface area contributed by atoms with E-state index in [1.165, 1.54) is 0 Å². The fourth-order valence-electron chi connectivity index (χ4n) is 1.18. The second-order valence-electron chi connectivity index (χ2n) is 2.79. The molecule has 68 valence electrons. The fraction of sp³-hybridized carbons (Fsp3) is 0.625. The molecular formula is C8H14N2O2. The molecule has 0 saturated heterocycles. The second-order valence-corrected chi connectivity index (χ2v) is 2.79. The summed E-state index contributed by atoms with van der Waals surface area (Å²) in [5, 5.41) is 1.85. The summed E-state index contributed by atoms with van der Waals surface area (Å²) in [4.78, 5) is 11.3. The van der Waals surface area contributed by atoms with Crippen LogP contribution in [0.3, 0.4) is 0 Å². The third-order valence-electron chi connectivity index (χ3n) is 1.73. The molecule has 1 N–H and O–H groups in total. The van der Waals surface area contributed by atoms with Gasteiger partial charge in [-0.3, -0.25) is 0 Å². The van der Waals surface area contributed by atoms with E-state index >= 15 is 0 Å². The molecule has 0 atom stereocenters. The average molecular weight is 170 g/mol. The summed E-state index contributed by atoms with van der Waals surface area (Å²) >= 11 is 0. The van der Waals surface area contributed by atoms with Gasteiger partial charge in [0.15, 0.2) is 0 Å². The van der Waals surface area contributed by atoms with Crippen LogP contribution in [0.1, 0.15) is 13.8 Å². The Hall–Kier alpha value is -1.03. The van der Waals surface area contributed by atoms with E-state index in [4.69, 9.17) is 4.74 Å². The summed E-state index contributed by atoms with van der Waals surface area (Å²) in [6, 6.07) is 0. The van der Waals surface area contributed by atoms with E-state index < -0.39 is 0 Å². The summed E-state index contributed by atoms with van der Waals surface area (Å²) in [6.07, 6.45) is 0. The lowest BCUT2D eigenvalue weighted by molar-refractivity contribution is -0.138. The minimum Gasteiger partial charge on any atom is -0.463 e. The molecule has 0 radical (unpaired) electrons. The maximum Gasteiger partial charge on any atom is 0.337 e. The van der Waals surface area contributed by atoms with Gasteiger partial charge in [-0.15, -0.1) is 0 Å². The van der Waals surface area contributed by atoms with Crippen LogP contribution in [0.15, 0.2) is 11.3 Å². The van der Waals surface area contributed by atoms with Gasteiger partial charge in [-0.1, -0.05) is 0 Å². The van der Waals surface area contributed by atoms with Crippen molar-refractivity contribution >= 4 is 5.97 Å². The van der Waals surface area contributed by atoms with E-state index in [-0.39, 0.29) is 5.97 Å². The molecular weight excluding hydrogens is 156 g/mol. The highest BCUT2D eigenvalue weighted by Crippen LogP contribution is 2.11. The average Bonchev–Trinajstić information content (AvgIpc) is 2.30. The van der Waals surface area contributed by atoms with Gasteiger partial charge in [-0.25, -0.2) is 9.80 Å². The molecule has 12 heavy (non-hydrogen) atoms. The number of carbonyl (C=O) groups excluding carboxylic acids is 1. The number of rotatable bonds is 2. The fourth-order valence-corrected chi connectivity index (χ4v) is 1.18. The van der Waals surface area contributed by atoms with Crippen LogP contribution in [-0.2, 0) is 9.53 Å². The van der Waals surface area contributed by atoms with Crippen molar-refractivity contribution in [1.82, 2.24) is 10.4 Å². The van der Waals surface area contributed by atoms with Crippen molar-refractivity contribution in [3.63, 3.8) is 0 Å². The number of ether oxygens (including phenoxy) is 1. The van der Waals surface area contributed by atoms with Gasteiger partial charge in [-0.2, -0.15) is 0 Å². The largest absolute Gasteiger partial charge is 0.463 e. The first kappa shape index (κ1) is 9.06. The maximum atomic E-state index is 11.3. The molecule has 4 nitrogen and oxygen atoms in total. The summed E-state index contributed by atoms with van der Waals surface area (Å²) < 4.78 is 4.88. The first-order valence-corrected chi connectivity index (χ1v) is 3.99. The highest BCUT2D eigenvalue weighted by Gasteiger charge is 2.21. The molecule has 0 bridgehead atoms. The van der Waals surface area contributed by atoms with E-state index in [9.17, 15) is 4.79 Å². The van der Waals surface area contributed by atoms with Crippen molar-refractivity contribution in [2.24, 2.45) is 0 Å². The van der Waals surface area contributed by atoms with Gasteiger partial charge in [0.2, 0.25) is 0 Å². The Labute approximate surface area is 72.2 Å². The monoisotopic (exact) mass is 170 g/mol. The molecule has 0 aromatic carbocycles. The number of nitrogens with one attached hydrogen (secondary N) is 1. The van der Waals surface area contributed by atoms with Crippen LogP contribution in [0.2, 0.25) is 0 Å². The van der Waals surface area contributed by atoms with Gasteiger partial charge in [0, 0.05) is 12.7 Å². The van der Waals surface area contributed by atoms with Gasteiger partial charge >= 0.3 is 5.97 Å². The number of hydrazine groups is 1.